The second-order valence-corrected chi connectivity index (χ2v) is 8.65. The molecule has 1 heterocycles. The molecule has 3 aromatic carbocycles. The van der Waals surface area contributed by atoms with Gasteiger partial charge in [-0.05, 0) is 73.0 Å². The lowest BCUT2D eigenvalue weighted by molar-refractivity contribution is 0.102. The van der Waals surface area contributed by atoms with E-state index in [0.717, 1.165) is 28.1 Å². The number of benzene rings is 3. The van der Waals surface area contributed by atoms with E-state index in [9.17, 15) is 4.79 Å². The molecule has 0 aliphatic carbocycles. The molecule has 1 amide bonds. The zero-order valence-corrected chi connectivity index (χ0v) is 19.8. The van der Waals surface area contributed by atoms with E-state index >= 15 is 0 Å². The molecule has 0 saturated carbocycles. The molecule has 0 atom stereocenters. The minimum Gasteiger partial charge on any atom is -0.489 e. The van der Waals surface area contributed by atoms with Crippen LogP contribution in [-0.2, 0) is 13.2 Å². The molecular formula is C26H23Cl2N3O2. The summed E-state index contributed by atoms with van der Waals surface area (Å²) >= 11 is 12.1. The van der Waals surface area contributed by atoms with Crippen LogP contribution in [0.25, 0.3) is 0 Å². The lowest BCUT2D eigenvalue weighted by Gasteiger charge is -2.09. The zero-order valence-electron chi connectivity index (χ0n) is 18.3. The summed E-state index contributed by atoms with van der Waals surface area (Å²) in [7, 11) is 0. The molecule has 4 aromatic rings. The van der Waals surface area contributed by atoms with Gasteiger partial charge in [-0.1, -0.05) is 47.5 Å². The second kappa shape index (κ2) is 10.1. The fourth-order valence-corrected chi connectivity index (χ4v) is 3.68. The Kier molecular flexibility index (Phi) is 7.02. The summed E-state index contributed by atoms with van der Waals surface area (Å²) in [5, 5.41) is 8.76. The SMILES string of the molecule is Cc1cc(OCc2ccc(C(=O)Nc3cc(C)n(Cc4cccc(Cl)c4)n3)cc2)ccc1Cl. The number of carbonyl (C=O) groups is 1. The summed E-state index contributed by atoms with van der Waals surface area (Å²) < 4.78 is 7.65. The van der Waals surface area contributed by atoms with Crippen molar-refractivity contribution in [3.05, 3.63) is 111 Å². The molecule has 33 heavy (non-hydrogen) atoms. The highest BCUT2D eigenvalue weighted by atomic mass is 35.5. The minimum absolute atomic E-state index is 0.219. The topological polar surface area (TPSA) is 56.1 Å². The van der Waals surface area contributed by atoms with Crippen LogP contribution in [0.15, 0.2) is 72.8 Å². The average molecular weight is 480 g/mol. The van der Waals surface area contributed by atoms with E-state index in [2.05, 4.69) is 10.4 Å². The van der Waals surface area contributed by atoms with E-state index in [1.54, 1.807) is 12.1 Å². The molecule has 0 fully saturated rings. The quantitative estimate of drug-likeness (QED) is 0.321. The Hall–Kier alpha value is -3.28. The van der Waals surface area contributed by atoms with Crippen LogP contribution in [0.2, 0.25) is 10.0 Å². The maximum absolute atomic E-state index is 12.7. The highest BCUT2D eigenvalue weighted by Crippen LogP contribution is 2.22. The van der Waals surface area contributed by atoms with Gasteiger partial charge in [0.25, 0.3) is 5.91 Å². The lowest BCUT2D eigenvalue weighted by atomic mass is 10.1. The van der Waals surface area contributed by atoms with Crippen LogP contribution in [0.1, 0.15) is 32.7 Å². The molecule has 4 rings (SSSR count). The third-order valence-electron chi connectivity index (χ3n) is 5.20. The zero-order chi connectivity index (χ0) is 23.4. The molecule has 0 spiro atoms. The van der Waals surface area contributed by atoms with Crippen molar-refractivity contribution in [3.8, 4) is 5.75 Å². The number of anilines is 1. The predicted molar refractivity (Wildman–Crippen MR) is 132 cm³/mol. The van der Waals surface area contributed by atoms with Crippen molar-refractivity contribution in [2.45, 2.75) is 27.0 Å². The number of rotatable bonds is 7. The first-order valence-corrected chi connectivity index (χ1v) is 11.2. The van der Waals surface area contributed by atoms with Gasteiger partial charge in [-0.2, -0.15) is 5.10 Å². The van der Waals surface area contributed by atoms with E-state index < -0.39 is 0 Å². The van der Waals surface area contributed by atoms with Crippen LogP contribution >= 0.6 is 23.2 Å². The maximum atomic E-state index is 12.7. The van der Waals surface area contributed by atoms with Crippen LogP contribution < -0.4 is 10.1 Å². The third kappa shape index (κ3) is 5.95. The average Bonchev–Trinajstić information content (AvgIpc) is 3.13. The number of aryl methyl sites for hydroxylation is 2. The molecule has 5 nitrogen and oxygen atoms in total. The molecule has 0 unspecified atom stereocenters. The highest BCUT2D eigenvalue weighted by Gasteiger charge is 2.11. The predicted octanol–water partition coefficient (Wildman–Crippen LogP) is 6.69. The fraction of sp³-hybridized carbons (Fsp3) is 0.154. The smallest absolute Gasteiger partial charge is 0.256 e. The molecule has 0 aliphatic heterocycles. The Morgan fingerprint density at radius 3 is 2.48 bits per heavy atom. The molecule has 0 bridgehead atoms. The number of ether oxygens (including phenoxy) is 1. The number of nitrogens with one attached hydrogen (secondary N) is 1. The molecule has 0 radical (unpaired) electrons. The monoisotopic (exact) mass is 479 g/mol. The van der Waals surface area contributed by atoms with Crippen molar-refractivity contribution in [1.29, 1.82) is 0 Å². The normalized spacial score (nSPS) is 10.8. The number of amides is 1. The molecule has 0 saturated heterocycles. The summed E-state index contributed by atoms with van der Waals surface area (Å²) in [6.07, 6.45) is 0. The fourth-order valence-electron chi connectivity index (χ4n) is 3.35. The van der Waals surface area contributed by atoms with Gasteiger partial charge in [-0.3, -0.25) is 9.48 Å². The van der Waals surface area contributed by atoms with Gasteiger partial charge in [-0.15, -0.1) is 0 Å². The number of carbonyl (C=O) groups excluding carboxylic acids is 1. The Morgan fingerprint density at radius 2 is 1.76 bits per heavy atom. The van der Waals surface area contributed by atoms with Crippen LogP contribution in [0.3, 0.4) is 0 Å². The van der Waals surface area contributed by atoms with Crippen molar-refractivity contribution < 1.29 is 9.53 Å². The standard InChI is InChI=1S/C26H23Cl2N3O2/c1-17-12-23(10-11-24(17)28)33-16-19-6-8-21(9-7-19)26(32)29-25-13-18(2)31(30-25)15-20-4-3-5-22(27)14-20/h3-14H,15-16H2,1-2H3,(H,29,30,32). The van der Waals surface area contributed by atoms with Gasteiger partial charge < -0.3 is 10.1 Å². The Labute approximate surface area is 202 Å². The number of hydrogen-bond acceptors (Lipinski definition) is 3. The van der Waals surface area contributed by atoms with E-state index in [1.807, 2.05) is 79.2 Å². The van der Waals surface area contributed by atoms with Crippen molar-refractivity contribution in [1.82, 2.24) is 9.78 Å². The summed E-state index contributed by atoms with van der Waals surface area (Å²) in [6.45, 7) is 4.86. The van der Waals surface area contributed by atoms with Gasteiger partial charge in [0.2, 0.25) is 0 Å². The van der Waals surface area contributed by atoms with Gasteiger partial charge in [0.05, 0.1) is 6.54 Å². The third-order valence-corrected chi connectivity index (χ3v) is 5.85. The molecule has 7 heteroatoms. The van der Waals surface area contributed by atoms with Gasteiger partial charge in [0, 0.05) is 27.4 Å². The summed E-state index contributed by atoms with van der Waals surface area (Å²) in [5.41, 5.74) is 4.45. The van der Waals surface area contributed by atoms with Crippen molar-refractivity contribution in [2.75, 3.05) is 5.32 Å². The molecular weight excluding hydrogens is 457 g/mol. The number of aromatic nitrogens is 2. The van der Waals surface area contributed by atoms with Gasteiger partial charge >= 0.3 is 0 Å². The minimum atomic E-state index is -0.219. The van der Waals surface area contributed by atoms with Crippen molar-refractivity contribution in [2.24, 2.45) is 0 Å². The molecule has 168 valence electrons. The Morgan fingerprint density at radius 1 is 0.970 bits per heavy atom. The van der Waals surface area contributed by atoms with E-state index in [1.165, 1.54) is 0 Å². The lowest BCUT2D eigenvalue weighted by Crippen LogP contribution is -2.13. The first kappa shape index (κ1) is 22.9. The molecule has 1 aromatic heterocycles. The van der Waals surface area contributed by atoms with Gasteiger partial charge in [-0.25, -0.2) is 0 Å². The largest absolute Gasteiger partial charge is 0.489 e. The maximum Gasteiger partial charge on any atom is 0.256 e. The number of nitrogens with zero attached hydrogens (tertiary/aromatic N) is 2. The molecule has 1 N–H and O–H groups in total. The Balaban J connectivity index is 1.36. The first-order chi connectivity index (χ1) is 15.9. The van der Waals surface area contributed by atoms with Gasteiger partial charge in [0.15, 0.2) is 5.82 Å². The van der Waals surface area contributed by atoms with E-state index in [-0.39, 0.29) is 5.91 Å². The van der Waals surface area contributed by atoms with Gasteiger partial charge in [0.1, 0.15) is 12.4 Å². The van der Waals surface area contributed by atoms with E-state index in [4.69, 9.17) is 27.9 Å². The Bertz CT molecular complexity index is 1280. The molecule has 0 aliphatic rings. The summed E-state index contributed by atoms with van der Waals surface area (Å²) in [4.78, 5) is 12.7. The summed E-state index contributed by atoms with van der Waals surface area (Å²) in [5.74, 6) is 1.04. The van der Waals surface area contributed by atoms with Crippen LogP contribution in [0.4, 0.5) is 5.82 Å². The number of hydrogen-bond donors (Lipinski definition) is 1. The van der Waals surface area contributed by atoms with Crippen LogP contribution in [0.5, 0.6) is 5.75 Å². The summed E-state index contributed by atoms with van der Waals surface area (Å²) in [6, 6.07) is 22.3. The number of halogens is 2. The van der Waals surface area contributed by atoms with Crippen LogP contribution in [-0.4, -0.2) is 15.7 Å². The highest BCUT2D eigenvalue weighted by molar-refractivity contribution is 6.31. The second-order valence-electron chi connectivity index (χ2n) is 7.81. The van der Waals surface area contributed by atoms with Crippen LogP contribution in [0, 0.1) is 13.8 Å². The van der Waals surface area contributed by atoms with E-state index in [0.29, 0.717) is 34.6 Å². The first-order valence-electron chi connectivity index (χ1n) is 10.5. The van der Waals surface area contributed by atoms with Crippen molar-refractivity contribution >= 4 is 34.9 Å². The van der Waals surface area contributed by atoms with Crippen molar-refractivity contribution in [3.63, 3.8) is 0 Å².